The second-order valence-corrected chi connectivity index (χ2v) is 7.42. The van der Waals surface area contributed by atoms with E-state index in [4.69, 9.17) is 0 Å². The van der Waals surface area contributed by atoms with Crippen LogP contribution >= 0.6 is 0 Å². The van der Waals surface area contributed by atoms with E-state index in [1.165, 1.54) is 23.1 Å². The van der Waals surface area contributed by atoms with Gasteiger partial charge in [-0.2, -0.15) is 0 Å². The number of likely N-dealkylation sites (tertiary alicyclic amines) is 1. The number of ether oxygens (including phenoxy) is 1. The summed E-state index contributed by atoms with van der Waals surface area (Å²) in [6.45, 7) is 2.02. The number of carboxylic acids is 1. The molecule has 1 aliphatic heterocycles. The molecule has 0 bridgehead atoms. The van der Waals surface area contributed by atoms with Crippen molar-refractivity contribution in [3.05, 3.63) is 29.8 Å². The van der Waals surface area contributed by atoms with Crippen molar-refractivity contribution in [3.63, 3.8) is 0 Å². The van der Waals surface area contributed by atoms with Gasteiger partial charge in [-0.15, -0.1) is 13.2 Å². The Morgan fingerprint density at radius 2 is 2.07 bits per heavy atom. The van der Waals surface area contributed by atoms with Crippen LogP contribution in [0.4, 0.5) is 18.0 Å². The number of rotatable bonds is 5. The maximum Gasteiger partial charge on any atom is 0.573 e. The number of aliphatic carboxylic acids is 1. The Balaban J connectivity index is 1.71. The summed E-state index contributed by atoms with van der Waals surface area (Å²) in [6, 6.07) is 4.75. The van der Waals surface area contributed by atoms with Crippen molar-refractivity contribution in [2.45, 2.75) is 38.6 Å². The van der Waals surface area contributed by atoms with Gasteiger partial charge in [0, 0.05) is 13.1 Å². The molecule has 1 aromatic rings. The van der Waals surface area contributed by atoms with Gasteiger partial charge < -0.3 is 20.1 Å². The van der Waals surface area contributed by atoms with E-state index in [2.05, 4.69) is 10.1 Å². The van der Waals surface area contributed by atoms with E-state index < -0.39 is 29.8 Å². The highest BCUT2D eigenvalue weighted by Crippen LogP contribution is 2.42. The van der Waals surface area contributed by atoms with Crippen LogP contribution in [-0.2, 0) is 4.79 Å². The predicted molar refractivity (Wildman–Crippen MR) is 89.1 cm³/mol. The molecule has 0 aromatic heterocycles. The molecule has 2 fully saturated rings. The van der Waals surface area contributed by atoms with E-state index in [9.17, 15) is 27.9 Å². The van der Waals surface area contributed by atoms with Crippen molar-refractivity contribution in [2.24, 2.45) is 11.3 Å². The fraction of sp³-hybridized carbons (Fsp3) is 0.556. The Morgan fingerprint density at radius 3 is 2.63 bits per heavy atom. The summed E-state index contributed by atoms with van der Waals surface area (Å²) in [4.78, 5) is 25.4. The number of nitrogens with one attached hydrogen (secondary N) is 1. The maximum absolute atomic E-state index is 12.6. The van der Waals surface area contributed by atoms with E-state index in [0.29, 0.717) is 18.5 Å². The number of halogens is 3. The molecule has 6 nitrogen and oxygen atoms in total. The minimum absolute atomic E-state index is 0.1000. The Kier molecular flexibility index (Phi) is 4.96. The second kappa shape index (κ2) is 6.94. The predicted octanol–water partition coefficient (Wildman–Crippen LogP) is 3.54. The van der Waals surface area contributed by atoms with E-state index >= 15 is 0 Å². The molecule has 1 aliphatic carbocycles. The van der Waals surface area contributed by atoms with Gasteiger partial charge in [0.15, 0.2) is 0 Å². The van der Waals surface area contributed by atoms with Crippen LogP contribution in [0, 0.1) is 11.3 Å². The van der Waals surface area contributed by atoms with E-state index in [-0.39, 0.29) is 18.2 Å². The molecule has 1 heterocycles. The smallest absolute Gasteiger partial charge is 0.481 e. The van der Waals surface area contributed by atoms with Gasteiger partial charge in [-0.25, -0.2) is 4.79 Å². The Morgan fingerprint density at radius 1 is 1.37 bits per heavy atom. The summed E-state index contributed by atoms with van der Waals surface area (Å²) in [6.07, 6.45) is -2.70. The van der Waals surface area contributed by atoms with Crippen LogP contribution < -0.4 is 10.1 Å². The van der Waals surface area contributed by atoms with Crippen LogP contribution in [0.5, 0.6) is 5.75 Å². The lowest BCUT2D eigenvalue weighted by molar-refractivity contribution is -0.274. The number of carbonyl (C=O) groups is 2. The number of nitrogens with zero attached hydrogens (tertiary/aromatic N) is 1. The Hall–Kier alpha value is -2.45. The van der Waals surface area contributed by atoms with Crippen molar-refractivity contribution in [1.29, 1.82) is 0 Å². The third-order valence-electron chi connectivity index (χ3n) is 5.10. The summed E-state index contributed by atoms with van der Waals surface area (Å²) in [5.41, 5.74) is -0.444. The van der Waals surface area contributed by atoms with Crippen molar-refractivity contribution in [2.75, 3.05) is 13.1 Å². The van der Waals surface area contributed by atoms with Gasteiger partial charge in [-0.3, -0.25) is 4.79 Å². The number of benzene rings is 1. The molecule has 27 heavy (non-hydrogen) atoms. The van der Waals surface area contributed by atoms with Gasteiger partial charge in [0.05, 0.1) is 11.5 Å². The summed E-state index contributed by atoms with van der Waals surface area (Å²) >= 11 is 0. The molecule has 2 atom stereocenters. The largest absolute Gasteiger partial charge is 0.573 e. The first-order valence-corrected chi connectivity index (χ1v) is 8.72. The molecule has 0 radical (unpaired) electrons. The van der Waals surface area contributed by atoms with E-state index in [0.717, 1.165) is 12.8 Å². The second-order valence-electron chi connectivity index (χ2n) is 7.42. The van der Waals surface area contributed by atoms with Gasteiger partial charge in [0.2, 0.25) is 0 Å². The third kappa shape index (κ3) is 4.64. The van der Waals surface area contributed by atoms with Gasteiger partial charge in [0.1, 0.15) is 5.75 Å². The van der Waals surface area contributed by atoms with Crippen molar-refractivity contribution in [3.8, 4) is 5.75 Å². The van der Waals surface area contributed by atoms with Gasteiger partial charge >= 0.3 is 18.4 Å². The molecule has 1 saturated heterocycles. The molecule has 148 valence electrons. The average molecular weight is 386 g/mol. The molecular weight excluding hydrogens is 365 g/mol. The molecule has 9 heteroatoms. The van der Waals surface area contributed by atoms with Gasteiger partial charge in [-0.05, 0) is 49.8 Å². The normalized spacial score (nSPS) is 23.8. The number of urea groups is 1. The Labute approximate surface area is 154 Å². The molecule has 2 N–H and O–H groups in total. The first kappa shape index (κ1) is 19.3. The number of carboxylic acid groups (broad SMARTS) is 1. The van der Waals surface area contributed by atoms with Crippen molar-refractivity contribution >= 4 is 12.0 Å². The molecule has 2 aliphatic rings. The molecule has 0 spiro atoms. The first-order valence-electron chi connectivity index (χ1n) is 8.72. The number of carbonyl (C=O) groups excluding carboxylic acids is 1. The maximum atomic E-state index is 12.6. The van der Waals surface area contributed by atoms with Gasteiger partial charge in [-0.1, -0.05) is 12.1 Å². The molecule has 2 unspecified atom stereocenters. The summed E-state index contributed by atoms with van der Waals surface area (Å²) in [5, 5.41) is 12.2. The van der Waals surface area contributed by atoms with E-state index in [1.54, 1.807) is 13.0 Å². The lowest BCUT2D eigenvalue weighted by Gasteiger charge is -2.25. The zero-order valence-corrected chi connectivity index (χ0v) is 14.8. The monoisotopic (exact) mass is 386 g/mol. The van der Waals surface area contributed by atoms with Crippen LogP contribution in [0.3, 0.4) is 0 Å². The lowest BCUT2D eigenvalue weighted by atomic mass is 9.90. The van der Waals surface area contributed by atoms with Crippen LogP contribution in [-0.4, -0.2) is 41.5 Å². The van der Waals surface area contributed by atoms with E-state index in [1.807, 2.05) is 0 Å². The van der Waals surface area contributed by atoms with Gasteiger partial charge in [0.25, 0.3) is 0 Å². The number of amides is 2. The molecular formula is C18H21F3N2O4. The summed E-state index contributed by atoms with van der Waals surface area (Å²) in [5.74, 6) is -1.14. The topological polar surface area (TPSA) is 78.9 Å². The van der Waals surface area contributed by atoms with Crippen LogP contribution in [0.25, 0.3) is 0 Å². The van der Waals surface area contributed by atoms with Crippen LogP contribution in [0.15, 0.2) is 24.3 Å². The summed E-state index contributed by atoms with van der Waals surface area (Å²) in [7, 11) is 0. The van der Waals surface area contributed by atoms with Crippen LogP contribution in [0.2, 0.25) is 0 Å². The quantitative estimate of drug-likeness (QED) is 0.811. The number of hydrogen-bond donors (Lipinski definition) is 2. The minimum Gasteiger partial charge on any atom is -0.481 e. The molecule has 1 aromatic carbocycles. The van der Waals surface area contributed by atoms with Crippen molar-refractivity contribution in [1.82, 2.24) is 10.2 Å². The SMILES string of the molecule is CC1(C(=O)O)CCN(C(=O)NC(c2cccc(OC(F)(F)F)c2)C2CC2)C1. The minimum atomic E-state index is -4.78. The summed E-state index contributed by atoms with van der Waals surface area (Å²) < 4.78 is 41.3. The molecule has 2 amide bonds. The third-order valence-corrected chi connectivity index (χ3v) is 5.10. The fourth-order valence-electron chi connectivity index (χ4n) is 3.34. The highest BCUT2D eigenvalue weighted by atomic mass is 19.4. The highest BCUT2D eigenvalue weighted by molar-refractivity contribution is 5.79. The lowest BCUT2D eigenvalue weighted by Crippen LogP contribution is -2.42. The first-order chi connectivity index (χ1) is 12.6. The highest BCUT2D eigenvalue weighted by Gasteiger charge is 2.43. The zero-order valence-electron chi connectivity index (χ0n) is 14.8. The average Bonchev–Trinajstić information content (AvgIpc) is 3.32. The molecule has 3 rings (SSSR count). The zero-order chi connectivity index (χ0) is 19.8. The van der Waals surface area contributed by atoms with Crippen molar-refractivity contribution < 1.29 is 32.6 Å². The van der Waals surface area contributed by atoms with Crippen LogP contribution in [0.1, 0.15) is 37.8 Å². The molecule has 1 saturated carbocycles. The fourth-order valence-corrected chi connectivity index (χ4v) is 3.34. The number of alkyl halides is 3. The standard InChI is InChI=1S/C18H21F3N2O4/c1-17(15(24)25)7-8-23(10-17)16(26)22-14(11-5-6-11)12-3-2-4-13(9-12)27-18(19,20)21/h2-4,9,11,14H,5-8,10H2,1H3,(H,22,26)(H,24,25). The number of hydrogen-bond acceptors (Lipinski definition) is 3. The Bertz CT molecular complexity index is 736.